The molecule has 0 aliphatic rings. The Labute approximate surface area is 213 Å². The first-order valence-electron chi connectivity index (χ1n) is 12.0. The molecule has 2 unspecified atom stereocenters. The van der Waals surface area contributed by atoms with Crippen molar-refractivity contribution in [1.82, 2.24) is 15.5 Å². The van der Waals surface area contributed by atoms with Crippen LogP contribution >= 0.6 is 0 Å². The van der Waals surface area contributed by atoms with Gasteiger partial charge in [0.05, 0.1) is 6.07 Å². The average Bonchev–Trinajstić information content (AvgIpc) is 2.80. The lowest BCUT2D eigenvalue weighted by Gasteiger charge is -2.34. The average molecular weight is 493 g/mol. The van der Waals surface area contributed by atoms with Crippen molar-refractivity contribution in [2.24, 2.45) is 5.92 Å². The van der Waals surface area contributed by atoms with Crippen LogP contribution in [0.15, 0.2) is 54.6 Å². The van der Waals surface area contributed by atoms with Crippen LogP contribution in [0.2, 0.25) is 0 Å². The van der Waals surface area contributed by atoms with E-state index in [-0.39, 0.29) is 19.0 Å². The lowest BCUT2D eigenvalue weighted by Crippen LogP contribution is -2.55. The molecule has 36 heavy (non-hydrogen) atoms. The molecule has 192 valence electrons. The number of carbonyl (C=O) groups is 3. The zero-order valence-corrected chi connectivity index (χ0v) is 21.9. The van der Waals surface area contributed by atoms with Gasteiger partial charge in [-0.1, -0.05) is 74.0 Å². The van der Waals surface area contributed by atoms with Crippen LogP contribution in [0.5, 0.6) is 0 Å². The quantitative estimate of drug-likeness (QED) is 0.508. The minimum atomic E-state index is -1.07. The molecule has 0 fully saturated rings. The fraction of sp³-hybridized carbons (Fsp3) is 0.429. The Morgan fingerprint density at radius 3 is 2.28 bits per heavy atom. The number of nitriles is 1. The van der Waals surface area contributed by atoms with E-state index in [1.165, 1.54) is 4.90 Å². The Kier molecular flexibility index (Phi) is 10.0. The van der Waals surface area contributed by atoms with Gasteiger partial charge in [0.2, 0.25) is 11.8 Å². The van der Waals surface area contributed by atoms with Crippen molar-refractivity contribution in [2.45, 2.75) is 65.8 Å². The molecule has 2 aromatic rings. The van der Waals surface area contributed by atoms with Crippen LogP contribution in [0.1, 0.15) is 57.4 Å². The zero-order chi connectivity index (χ0) is 26.9. The van der Waals surface area contributed by atoms with Crippen molar-refractivity contribution >= 4 is 17.9 Å². The second kappa shape index (κ2) is 12.7. The maximum absolute atomic E-state index is 13.8. The number of hydrogen-bond acceptors (Lipinski definition) is 5. The third-order valence-electron chi connectivity index (χ3n) is 5.36. The number of rotatable bonds is 9. The number of carbonyl (C=O) groups excluding carboxylic acids is 3. The first kappa shape index (κ1) is 28.4. The molecular formula is C28H36N4O4. The third-order valence-corrected chi connectivity index (χ3v) is 5.36. The summed E-state index contributed by atoms with van der Waals surface area (Å²) in [7, 11) is 0. The normalized spacial score (nSPS) is 12.7. The molecule has 0 aliphatic heterocycles. The van der Waals surface area contributed by atoms with Gasteiger partial charge in [0, 0.05) is 6.54 Å². The van der Waals surface area contributed by atoms with E-state index in [1.807, 2.05) is 55.5 Å². The topological polar surface area (TPSA) is 112 Å². The Bertz CT molecular complexity index is 1090. The van der Waals surface area contributed by atoms with Gasteiger partial charge in [-0.3, -0.25) is 9.59 Å². The molecule has 2 atom stereocenters. The SMILES string of the molecule is Cc1cccc(C(C(=O)NCc2ccccc2)N(CC#N)C(=O)C(NC(=O)OC(C)(C)C)C(C)C)c1. The lowest BCUT2D eigenvalue weighted by molar-refractivity contribution is -0.142. The zero-order valence-electron chi connectivity index (χ0n) is 21.9. The lowest BCUT2D eigenvalue weighted by atomic mass is 9.98. The maximum atomic E-state index is 13.8. The molecule has 0 radical (unpaired) electrons. The van der Waals surface area contributed by atoms with Crippen LogP contribution in [-0.4, -0.2) is 41.0 Å². The van der Waals surface area contributed by atoms with Crippen LogP contribution in [0.25, 0.3) is 0 Å². The van der Waals surface area contributed by atoms with Crippen molar-refractivity contribution in [2.75, 3.05) is 6.54 Å². The minimum Gasteiger partial charge on any atom is -0.444 e. The highest BCUT2D eigenvalue weighted by atomic mass is 16.6. The van der Waals surface area contributed by atoms with Gasteiger partial charge in [0.25, 0.3) is 0 Å². The van der Waals surface area contributed by atoms with Gasteiger partial charge >= 0.3 is 6.09 Å². The number of alkyl carbamates (subject to hydrolysis) is 1. The number of nitrogens with one attached hydrogen (secondary N) is 2. The number of hydrogen-bond donors (Lipinski definition) is 2. The first-order valence-corrected chi connectivity index (χ1v) is 12.0. The second-order valence-corrected chi connectivity index (χ2v) is 10.0. The highest BCUT2D eigenvalue weighted by Gasteiger charge is 2.37. The summed E-state index contributed by atoms with van der Waals surface area (Å²) in [4.78, 5) is 41.0. The summed E-state index contributed by atoms with van der Waals surface area (Å²) in [6.07, 6.45) is -0.743. The van der Waals surface area contributed by atoms with E-state index in [2.05, 4.69) is 10.6 Å². The van der Waals surface area contributed by atoms with E-state index in [1.54, 1.807) is 46.8 Å². The van der Waals surface area contributed by atoms with E-state index in [4.69, 9.17) is 4.74 Å². The number of benzene rings is 2. The number of nitrogens with zero attached hydrogens (tertiary/aromatic N) is 2. The predicted molar refractivity (Wildman–Crippen MR) is 138 cm³/mol. The van der Waals surface area contributed by atoms with E-state index in [0.717, 1.165) is 11.1 Å². The fourth-order valence-electron chi connectivity index (χ4n) is 3.69. The summed E-state index contributed by atoms with van der Waals surface area (Å²) in [5, 5.41) is 15.1. The van der Waals surface area contributed by atoms with Crippen molar-refractivity contribution in [1.29, 1.82) is 5.26 Å². The standard InChI is InChI=1S/C28H36N4O4/c1-19(2)23(31-27(35)36-28(4,5)6)26(34)32(16-15-29)24(22-14-10-11-20(3)17-22)25(33)30-18-21-12-8-7-9-13-21/h7-14,17,19,23-24H,16,18H2,1-6H3,(H,30,33)(H,31,35). The molecule has 0 spiro atoms. The van der Waals surface area contributed by atoms with Crippen LogP contribution in [-0.2, 0) is 20.9 Å². The van der Waals surface area contributed by atoms with Crippen LogP contribution in [0.4, 0.5) is 4.79 Å². The molecule has 0 aromatic heterocycles. The predicted octanol–water partition coefficient (Wildman–Crippen LogP) is 4.25. The molecule has 8 nitrogen and oxygen atoms in total. The molecule has 2 N–H and O–H groups in total. The number of ether oxygens (including phenoxy) is 1. The molecule has 2 rings (SSSR count). The molecule has 8 heteroatoms. The van der Waals surface area contributed by atoms with E-state index >= 15 is 0 Å². The Balaban J connectivity index is 2.42. The van der Waals surface area contributed by atoms with Crippen LogP contribution < -0.4 is 10.6 Å². The molecule has 0 aliphatic carbocycles. The Morgan fingerprint density at radius 2 is 1.72 bits per heavy atom. The van der Waals surface area contributed by atoms with E-state index in [0.29, 0.717) is 5.56 Å². The van der Waals surface area contributed by atoms with Gasteiger partial charge in [0.1, 0.15) is 24.2 Å². The number of aryl methyl sites for hydroxylation is 1. The molecule has 0 saturated heterocycles. The summed E-state index contributed by atoms with van der Waals surface area (Å²) in [5.74, 6) is -1.29. The van der Waals surface area contributed by atoms with Crippen LogP contribution in [0.3, 0.4) is 0 Å². The van der Waals surface area contributed by atoms with Gasteiger partial charge < -0.3 is 20.3 Å². The third kappa shape index (κ3) is 8.42. The smallest absolute Gasteiger partial charge is 0.408 e. The van der Waals surface area contributed by atoms with Gasteiger partial charge in [-0.2, -0.15) is 5.26 Å². The fourth-order valence-corrected chi connectivity index (χ4v) is 3.69. The maximum Gasteiger partial charge on any atom is 0.408 e. The largest absolute Gasteiger partial charge is 0.444 e. The molecule has 3 amide bonds. The highest BCUT2D eigenvalue weighted by molar-refractivity contribution is 5.92. The molecule has 0 heterocycles. The molecular weight excluding hydrogens is 456 g/mol. The molecule has 2 aromatic carbocycles. The summed E-state index contributed by atoms with van der Waals surface area (Å²) in [6.45, 7) is 10.6. The van der Waals surface area contributed by atoms with Gasteiger partial charge in [-0.25, -0.2) is 4.79 Å². The van der Waals surface area contributed by atoms with Gasteiger partial charge in [0.15, 0.2) is 0 Å². The van der Waals surface area contributed by atoms with Gasteiger partial charge in [-0.15, -0.1) is 0 Å². The van der Waals surface area contributed by atoms with E-state index in [9.17, 15) is 19.6 Å². The Morgan fingerprint density at radius 1 is 1.06 bits per heavy atom. The molecule has 0 saturated carbocycles. The monoisotopic (exact) mass is 492 g/mol. The molecule has 0 bridgehead atoms. The van der Waals surface area contributed by atoms with E-state index < -0.39 is 35.6 Å². The highest BCUT2D eigenvalue weighted by Crippen LogP contribution is 2.25. The van der Waals surface area contributed by atoms with Crippen molar-refractivity contribution in [3.8, 4) is 6.07 Å². The second-order valence-electron chi connectivity index (χ2n) is 10.0. The van der Waals surface area contributed by atoms with Crippen LogP contribution in [0, 0.1) is 24.2 Å². The summed E-state index contributed by atoms with van der Waals surface area (Å²) in [5.41, 5.74) is 1.63. The van der Waals surface area contributed by atoms with Crippen molar-refractivity contribution in [3.05, 3.63) is 71.3 Å². The summed E-state index contributed by atoms with van der Waals surface area (Å²) < 4.78 is 5.34. The summed E-state index contributed by atoms with van der Waals surface area (Å²) >= 11 is 0. The Hall–Kier alpha value is -3.86. The first-order chi connectivity index (χ1) is 16.9. The van der Waals surface area contributed by atoms with Crippen molar-refractivity contribution in [3.63, 3.8) is 0 Å². The van der Waals surface area contributed by atoms with Gasteiger partial charge in [-0.05, 0) is 44.7 Å². The van der Waals surface area contributed by atoms with Crippen molar-refractivity contribution < 1.29 is 19.1 Å². The number of amides is 3. The summed E-state index contributed by atoms with van der Waals surface area (Å²) in [6, 6.07) is 16.6. The minimum absolute atomic E-state index is 0.264.